The summed E-state index contributed by atoms with van der Waals surface area (Å²) in [5.74, 6) is -1.81. The van der Waals surface area contributed by atoms with Crippen molar-refractivity contribution >= 4 is 39.5 Å². The van der Waals surface area contributed by atoms with Crippen molar-refractivity contribution in [2.75, 3.05) is 33.0 Å². The van der Waals surface area contributed by atoms with Crippen molar-refractivity contribution in [3.05, 3.63) is 28.2 Å². The highest BCUT2D eigenvalue weighted by atomic mass is 79.9. The molecule has 1 aromatic rings. The molecular formula is C13H15BrN2O5. The Kier molecular flexibility index (Phi) is 6.16. The largest absolute Gasteiger partial charge is 0.468 e. The molecule has 7 nitrogen and oxygen atoms in total. The third-order valence-corrected chi connectivity index (χ3v) is 3.35. The zero-order chi connectivity index (χ0) is 16.0. The zero-order valence-corrected chi connectivity index (χ0v) is 13.2. The van der Waals surface area contributed by atoms with E-state index in [0.29, 0.717) is 10.2 Å². The number of rotatable bonds is 5. The molecule has 0 saturated heterocycles. The monoisotopic (exact) mass is 358 g/mol. The number of nitrogen functional groups attached to an aromatic ring is 1. The second-order valence-electron chi connectivity index (χ2n) is 4.05. The van der Waals surface area contributed by atoms with Gasteiger partial charge in [0, 0.05) is 15.7 Å². The average Bonchev–Trinajstić information content (AvgIpc) is 2.48. The van der Waals surface area contributed by atoms with Gasteiger partial charge >= 0.3 is 11.9 Å². The van der Waals surface area contributed by atoms with Gasteiger partial charge in [-0.05, 0) is 34.1 Å². The van der Waals surface area contributed by atoms with Crippen molar-refractivity contribution in [1.82, 2.24) is 4.90 Å². The first-order chi connectivity index (χ1) is 9.88. The molecule has 0 aromatic heterocycles. The van der Waals surface area contributed by atoms with Gasteiger partial charge in [-0.25, -0.2) is 0 Å². The molecule has 0 heterocycles. The first-order valence-electron chi connectivity index (χ1n) is 5.87. The van der Waals surface area contributed by atoms with Crippen molar-refractivity contribution in [1.29, 1.82) is 0 Å². The van der Waals surface area contributed by atoms with Crippen LogP contribution < -0.4 is 5.73 Å². The summed E-state index contributed by atoms with van der Waals surface area (Å²) < 4.78 is 9.66. The summed E-state index contributed by atoms with van der Waals surface area (Å²) in [7, 11) is 2.39. The lowest BCUT2D eigenvalue weighted by Gasteiger charge is -2.20. The Morgan fingerprint density at radius 3 is 2.10 bits per heavy atom. The summed E-state index contributed by atoms with van der Waals surface area (Å²) in [4.78, 5) is 36.1. The van der Waals surface area contributed by atoms with E-state index in [2.05, 4.69) is 25.4 Å². The smallest absolute Gasteiger partial charge is 0.325 e. The summed E-state index contributed by atoms with van der Waals surface area (Å²) in [5, 5.41) is 0. The maximum atomic E-state index is 12.4. The van der Waals surface area contributed by atoms with E-state index < -0.39 is 17.8 Å². The molecule has 1 rings (SSSR count). The lowest BCUT2D eigenvalue weighted by molar-refractivity contribution is -0.144. The molecule has 0 bridgehead atoms. The quantitative estimate of drug-likeness (QED) is 0.617. The Hall–Kier alpha value is -2.09. The van der Waals surface area contributed by atoms with Crippen LogP contribution in [0.1, 0.15) is 10.4 Å². The fourth-order valence-electron chi connectivity index (χ4n) is 1.50. The SMILES string of the molecule is COC(=O)CN(CC(=O)OC)C(=O)c1ccc(Br)c(N)c1. The van der Waals surface area contributed by atoms with E-state index in [1.807, 2.05) is 0 Å². The van der Waals surface area contributed by atoms with Crippen LogP contribution in [0.25, 0.3) is 0 Å². The summed E-state index contributed by atoms with van der Waals surface area (Å²) in [5.41, 5.74) is 6.34. The number of nitrogens with zero attached hydrogens (tertiary/aromatic N) is 1. The molecule has 0 aliphatic carbocycles. The van der Waals surface area contributed by atoms with E-state index in [-0.39, 0.29) is 18.7 Å². The first-order valence-corrected chi connectivity index (χ1v) is 6.66. The molecule has 0 spiro atoms. The maximum Gasteiger partial charge on any atom is 0.325 e. The Balaban J connectivity index is 2.99. The number of hydrogen-bond donors (Lipinski definition) is 1. The van der Waals surface area contributed by atoms with Crippen LogP contribution in [-0.2, 0) is 19.1 Å². The molecule has 0 unspecified atom stereocenters. The minimum atomic E-state index is -0.641. The minimum Gasteiger partial charge on any atom is -0.468 e. The van der Waals surface area contributed by atoms with Crippen LogP contribution >= 0.6 is 15.9 Å². The number of esters is 2. The van der Waals surface area contributed by atoms with Crippen molar-refractivity contribution in [3.63, 3.8) is 0 Å². The molecule has 0 aliphatic heterocycles. The highest BCUT2D eigenvalue weighted by Crippen LogP contribution is 2.21. The summed E-state index contributed by atoms with van der Waals surface area (Å²) >= 11 is 3.22. The van der Waals surface area contributed by atoms with Gasteiger partial charge in [0.15, 0.2) is 0 Å². The topological polar surface area (TPSA) is 98.9 Å². The first kappa shape index (κ1) is 17.0. The third-order valence-electron chi connectivity index (χ3n) is 2.63. The molecule has 8 heteroatoms. The van der Waals surface area contributed by atoms with Gasteiger partial charge in [-0.3, -0.25) is 14.4 Å². The van der Waals surface area contributed by atoms with Gasteiger partial charge in [0.25, 0.3) is 5.91 Å². The number of hydrogen-bond acceptors (Lipinski definition) is 6. The summed E-state index contributed by atoms with van der Waals surface area (Å²) in [6.07, 6.45) is 0. The average molecular weight is 359 g/mol. The second kappa shape index (κ2) is 7.63. The summed E-state index contributed by atoms with van der Waals surface area (Å²) in [6.45, 7) is -0.721. The number of halogens is 1. The van der Waals surface area contributed by atoms with Gasteiger partial charge in [0.2, 0.25) is 0 Å². The molecule has 114 valence electrons. The van der Waals surface area contributed by atoms with Gasteiger partial charge in [0.05, 0.1) is 14.2 Å². The van der Waals surface area contributed by atoms with Crippen LogP contribution in [0, 0.1) is 0 Å². The molecule has 0 aliphatic rings. The second-order valence-corrected chi connectivity index (χ2v) is 4.90. The van der Waals surface area contributed by atoms with Crippen molar-refractivity contribution < 1.29 is 23.9 Å². The minimum absolute atomic E-state index is 0.253. The van der Waals surface area contributed by atoms with Crippen LogP contribution in [0.3, 0.4) is 0 Å². The van der Waals surface area contributed by atoms with Crippen molar-refractivity contribution in [2.24, 2.45) is 0 Å². The Morgan fingerprint density at radius 2 is 1.67 bits per heavy atom. The van der Waals surface area contributed by atoms with Crippen LogP contribution in [0.5, 0.6) is 0 Å². The molecule has 21 heavy (non-hydrogen) atoms. The molecule has 1 aromatic carbocycles. The van der Waals surface area contributed by atoms with Crippen LogP contribution in [0.2, 0.25) is 0 Å². The number of carbonyl (C=O) groups excluding carboxylic acids is 3. The van der Waals surface area contributed by atoms with E-state index in [0.717, 1.165) is 4.90 Å². The standard InChI is InChI=1S/C13H15BrN2O5/c1-20-11(17)6-16(7-12(18)21-2)13(19)8-3-4-9(14)10(15)5-8/h3-5H,6-7,15H2,1-2H3. The summed E-state index contributed by atoms with van der Waals surface area (Å²) in [6, 6.07) is 4.59. The van der Waals surface area contributed by atoms with E-state index in [9.17, 15) is 14.4 Å². The number of amides is 1. The van der Waals surface area contributed by atoms with Crippen LogP contribution in [0.15, 0.2) is 22.7 Å². The maximum absolute atomic E-state index is 12.4. The number of methoxy groups -OCH3 is 2. The number of anilines is 1. The Morgan fingerprint density at radius 1 is 1.14 bits per heavy atom. The van der Waals surface area contributed by atoms with Gasteiger partial charge in [-0.15, -0.1) is 0 Å². The number of benzene rings is 1. The van der Waals surface area contributed by atoms with E-state index in [1.165, 1.54) is 26.4 Å². The Bertz CT molecular complexity index is 543. The van der Waals surface area contributed by atoms with E-state index in [4.69, 9.17) is 5.73 Å². The van der Waals surface area contributed by atoms with Gasteiger partial charge in [-0.1, -0.05) is 0 Å². The van der Waals surface area contributed by atoms with Gasteiger partial charge < -0.3 is 20.1 Å². The number of carbonyl (C=O) groups is 3. The zero-order valence-electron chi connectivity index (χ0n) is 11.6. The van der Waals surface area contributed by atoms with Gasteiger partial charge in [-0.2, -0.15) is 0 Å². The fraction of sp³-hybridized carbons (Fsp3) is 0.308. The van der Waals surface area contributed by atoms with Crippen molar-refractivity contribution in [3.8, 4) is 0 Å². The molecule has 0 fully saturated rings. The third kappa shape index (κ3) is 4.75. The molecular weight excluding hydrogens is 344 g/mol. The van der Waals surface area contributed by atoms with E-state index in [1.54, 1.807) is 6.07 Å². The molecule has 2 N–H and O–H groups in total. The normalized spacial score (nSPS) is 9.86. The molecule has 0 radical (unpaired) electrons. The Labute approximate surface area is 130 Å². The lowest BCUT2D eigenvalue weighted by Crippen LogP contribution is -2.40. The highest BCUT2D eigenvalue weighted by Gasteiger charge is 2.22. The van der Waals surface area contributed by atoms with Gasteiger partial charge in [0.1, 0.15) is 13.1 Å². The van der Waals surface area contributed by atoms with Crippen LogP contribution in [-0.4, -0.2) is 50.1 Å². The number of ether oxygens (including phenoxy) is 2. The highest BCUT2D eigenvalue weighted by molar-refractivity contribution is 9.10. The predicted molar refractivity (Wildman–Crippen MR) is 78.5 cm³/mol. The lowest BCUT2D eigenvalue weighted by atomic mass is 10.1. The predicted octanol–water partition coefficient (Wildman–Crippen LogP) is 0.819. The fourth-order valence-corrected chi connectivity index (χ4v) is 1.75. The number of nitrogens with two attached hydrogens (primary N) is 1. The molecule has 0 saturated carbocycles. The molecule has 0 atom stereocenters. The molecule has 1 amide bonds. The van der Waals surface area contributed by atoms with Crippen LogP contribution in [0.4, 0.5) is 5.69 Å². The van der Waals surface area contributed by atoms with E-state index >= 15 is 0 Å². The van der Waals surface area contributed by atoms with Crippen molar-refractivity contribution in [2.45, 2.75) is 0 Å².